The number of carbonyl (C=O) groups is 3. The fraction of sp³-hybridized carbons (Fsp3) is 0.750. The molecule has 0 aromatic carbocycles. The second-order valence-electron chi connectivity index (χ2n) is 4.59. The second-order valence-corrected chi connectivity index (χ2v) is 4.59. The van der Waals surface area contributed by atoms with Crippen LogP contribution in [0.15, 0.2) is 0 Å². The highest BCUT2D eigenvalue weighted by molar-refractivity contribution is 6.05. The van der Waals surface area contributed by atoms with Crippen molar-refractivity contribution in [1.82, 2.24) is 0 Å². The number of ether oxygens (including phenoxy) is 5. The van der Waals surface area contributed by atoms with E-state index < -0.39 is 41.4 Å². The first-order valence-corrected chi connectivity index (χ1v) is 6.03. The fourth-order valence-corrected chi connectivity index (χ4v) is 2.79. The lowest BCUT2D eigenvalue weighted by Gasteiger charge is -2.27. The molecule has 2 rings (SSSR count). The maximum atomic E-state index is 12.1. The Morgan fingerprint density at radius 1 is 1.00 bits per heavy atom. The third-order valence-electron chi connectivity index (χ3n) is 3.76. The molecule has 0 radical (unpaired) electrons. The van der Waals surface area contributed by atoms with Crippen molar-refractivity contribution in [3.05, 3.63) is 0 Å². The van der Waals surface area contributed by atoms with E-state index in [1.54, 1.807) is 0 Å². The summed E-state index contributed by atoms with van der Waals surface area (Å²) in [6, 6.07) is 0. The molecule has 2 saturated heterocycles. The van der Waals surface area contributed by atoms with Crippen LogP contribution in [-0.4, -0.2) is 64.2 Å². The molecular formula is C12H16O8. The monoisotopic (exact) mass is 288 g/mol. The first-order chi connectivity index (χ1) is 9.52. The molecule has 20 heavy (non-hydrogen) atoms. The van der Waals surface area contributed by atoms with E-state index in [2.05, 4.69) is 14.2 Å². The van der Waals surface area contributed by atoms with Gasteiger partial charge in [-0.3, -0.25) is 0 Å². The molecule has 2 heterocycles. The molecule has 0 N–H and O–H groups in total. The topological polar surface area (TPSA) is 97.4 Å². The molecule has 0 aliphatic carbocycles. The lowest BCUT2D eigenvalue weighted by atomic mass is 9.81. The van der Waals surface area contributed by atoms with Gasteiger partial charge in [-0.1, -0.05) is 0 Å². The number of rotatable bonds is 3. The summed E-state index contributed by atoms with van der Waals surface area (Å²) >= 11 is 0. The maximum absolute atomic E-state index is 12.1. The van der Waals surface area contributed by atoms with Crippen LogP contribution in [0.5, 0.6) is 0 Å². The number of hydrogen-bond acceptors (Lipinski definition) is 8. The summed E-state index contributed by atoms with van der Waals surface area (Å²) in [7, 11) is 3.46. The van der Waals surface area contributed by atoms with Crippen LogP contribution in [0.25, 0.3) is 0 Å². The van der Waals surface area contributed by atoms with Crippen LogP contribution in [0.2, 0.25) is 0 Å². The van der Waals surface area contributed by atoms with Crippen molar-refractivity contribution in [3.63, 3.8) is 0 Å². The zero-order valence-electron chi connectivity index (χ0n) is 11.4. The molecule has 8 nitrogen and oxygen atoms in total. The molecule has 0 aromatic heterocycles. The highest BCUT2D eigenvalue weighted by atomic mass is 16.6. The highest BCUT2D eigenvalue weighted by Gasteiger charge is 2.69. The lowest BCUT2D eigenvalue weighted by molar-refractivity contribution is -0.195. The average Bonchev–Trinajstić information content (AvgIpc) is 3.06. The number of methoxy groups -OCH3 is 3. The van der Waals surface area contributed by atoms with Gasteiger partial charge in [0.25, 0.3) is 5.60 Å². The molecule has 2 fully saturated rings. The predicted octanol–water partition coefficient (Wildman–Crippen LogP) is -1.09. The standard InChI is InChI=1S/C12H16O8/c1-16-9(13)8-6-4-19-5-7(6)12(20-8,10(14)17-2)11(15)18-3/h6-8H,4-5H2,1-3H3/t6-,7+,8+/m0/s1. The minimum atomic E-state index is -1.98. The molecule has 112 valence electrons. The molecule has 2 aliphatic rings. The zero-order chi connectivity index (χ0) is 14.9. The van der Waals surface area contributed by atoms with Gasteiger partial charge in [-0.05, 0) is 0 Å². The third kappa shape index (κ3) is 1.87. The van der Waals surface area contributed by atoms with Gasteiger partial charge in [0.2, 0.25) is 0 Å². The molecule has 0 saturated carbocycles. The largest absolute Gasteiger partial charge is 0.467 e. The van der Waals surface area contributed by atoms with Crippen molar-refractivity contribution < 1.29 is 38.1 Å². The Balaban J connectivity index is 2.44. The van der Waals surface area contributed by atoms with Crippen LogP contribution >= 0.6 is 0 Å². The van der Waals surface area contributed by atoms with Crippen molar-refractivity contribution in [2.45, 2.75) is 11.7 Å². The number of esters is 3. The number of fused-ring (bicyclic) bond motifs is 1. The minimum Gasteiger partial charge on any atom is -0.467 e. The first-order valence-electron chi connectivity index (χ1n) is 6.03. The third-order valence-corrected chi connectivity index (χ3v) is 3.76. The predicted molar refractivity (Wildman–Crippen MR) is 61.5 cm³/mol. The van der Waals surface area contributed by atoms with E-state index in [4.69, 9.17) is 9.47 Å². The second kappa shape index (κ2) is 5.37. The van der Waals surface area contributed by atoms with Gasteiger partial charge >= 0.3 is 17.9 Å². The molecule has 0 bridgehead atoms. The number of carbonyl (C=O) groups excluding carboxylic acids is 3. The van der Waals surface area contributed by atoms with E-state index in [1.807, 2.05) is 0 Å². The molecule has 0 amide bonds. The Hall–Kier alpha value is -1.67. The van der Waals surface area contributed by atoms with Crippen LogP contribution in [-0.2, 0) is 38.1 Å². The van der Waals surface area contributed by atoms with Crippen LogP contribution in [0.1, 0.15) is 0 Å². The average molecular weight is 288 g/mol. The summed E-state index contributed by atoms with van der Waals surface area (Å²) in [6.07, 6.45) is -1.06. The van der Waals surface area contributed by atoms with E-state index in [-0.39, 0.29) is 13.2 Å². The van der Waals surface area contributed by atoms with Crippen molar-refractivity contribution in [1.29, 1.82) is 0 Å². The Morgan fingerprint density at radius 3 is 2.10 bits per heavy atom. The Kier molecular flexibility index (Phi) is 3.96. The Morgan fingerprint density at radius 2 is 1.60 bits per heavy atom. The molecule has 0 spiro atoms. The molecule has 2 aliphatic heterocycles. The fourth-order valence-electron chi connectivity index (χ4n) is 2.79. The maximum Gasteiger partial charge on any atom is 0.350 e. The summed E-state index contributed by atoms with van der Waals surface area (Å²) in [5.41, 5.74) is -1.98. The van der Waals surface area contributed by atoms with Crippen LogP contribution in [0, 0.1) is 11.8 Å². The summed E-state index contributed by atoms with van der Waals surface area (Å²) in [6.45, 7) is 0.294. The number of hydrogen-bond donors (Lipinski definition) is 0. The summed E-state index contributed by atoms with van der Waals surface area (Å²) in [5.74, 6) is -3.58. The van der Waals surface area contributed by atoms with E-state index in [0.29, 0.717) is 0 Å². The molecule has 8 heteroatoms. The van der Waals surface area contributed by atoms with Gasteiger partial charge in [0.05, 0.1) is 34.5 Å². The molecule has 0 aromatic rings. The zero-order valence-corrected chi connectivity index (χ0v) is 11.4. The van der Waals surface area contributed by atoms with Crippen LogP contribution in [0.3, 0.4) is 0 Å². The Bertz CT molecular complexity index is 415. The summed E-state index contributed by atoms with van der Waals surface area (Å²) in [5, 5.41) is 0. The van der Waals surface area contributed by atoms with Crippen LogP contribution < -0.4 is 0 Å². The van der Waals surface area contributed by atoms with E-state index >= 15 is 0 Å². The van der Waals surface area contributed by atoms with E-state index in [0.717, 1.165) is 14.2 Å². The first kappa shape index (κ1) is 14.7. The van der Waals surface area contributed by atoms with Gasteiger partial charge in [0.1, 0.15) is 0 Å². The quantitative estimate of drug-likeness (QED) is 0.367. The smallest absolute Gasteiger partial charge is 0.350 e. The lowest BCUT2D eigenvalue weighted by Crippen LogP contribution is -2.54. The highest BCUT2D eigenvalue weighted by Crippen LogP contribution is 2.46. The van der Waals surface area contributed by atoms with Crippen molar-refractivity contribution >= 4 is 17.9 Å². The SMILES string of the molecule is COC(=O)[C@@H]1OC(C(=O)OC)(C(=O)OC)[C@@H]2COC[C@@H]21. The van der Waals surface area contributed by atoms with Crippen LogP contribution in [0.4, 0.5) is 0 Å². The van der Waals surface area contributed by atoms with Gasteiger partial charge in [0, 0.05) is 11.8 Å². The Labute approximate surface area is 115 Å². The van der Waals surface area contributed by atoms with E-state index in [1.165, 1.54) is 7.11 Å². The molecule has 0 unspecified atom stereocenters. The van der Waals surface area contributed by atoms with E-state index in [9.17, 15) is 14.4 Å². The molecular weight excluding hydrogens is 272 g/mol. The van der Waals surface area contributed by atoms with Crippen molar-refractivity contribution in [2.75, 3.05) is 34.5 Å². The summed E-state index contributed by atoms with van der Waals surface area (Å²) < 4.78 is 24.7. The minimum absolute atomic E-state index is 0.0996. The van der Waals surface area contributed by atoms with Crippen molar-refractivity contribution in [2.24, 2.45) is 11.8 Å². The van der Waals surface area contributed by atoms with Gasteiger partial charge in [0.15, 0.2) is 6.10 Å². The normalized spacial score (nSPS) is 30.4. The van der Waals surface area contributed by atoms with Gasteiger partial charge < -0.3 is 23.7 Å². The van der Waals surface area contributed by atoms with Gasteiger partial charge in [-0.25, -0.2) is 14.4 Å². The molecule has 3 atom stereocenters. The summed E-state index contributed by atoms with van der Waals surface area (Å²) in [4.78, 5) is 35.9. The van der Waals surface area contributed by atoms with Gasteiger partial charge in [-0.15, -0.1) is 0 Å². The van der Waals surface area contributed by atoms with Crippen molar-refractivity contribution in [3.8, 4) is 0 Å². The van der Waals surface area contributed by atoms with Gasteiger partial charge in [-0.2, -0.15) is 0 Å².